The second-order valence-electron chi connectivity index (χ2n) is 18.1. The van der Waals surface area contributed by atoms with E-state index in [0.717, 1.165) is 22.7 Å². The average molecular weight is 861 g/mol. The smallest absolute Gasteiger partial charge is 0.0541 e. The van der Waals surface area contributed by atoms with E-state index in [2.05, 4.69) is 254 Å². The van der Waals surface area contributed by atoms with E-state index < -0.39 is 0 Å². The molecular weight excluding hydrogens is 817 g/mol. The molecule has 0 spiro atoms. The van der Waals surface area contributed by atoms with Crippen LogP contribution < -0.4 is 4.90 Å². The highest BCUT2D eigenvalue weighted by atomic mass is 32.1. The van der Waals surface area contributed by atoms with Gasteiger partial charge in [0.1, 0.15) is 0 Å². The molecule has 0 bridgehead atoms. The summed E-state index contributed by atoms with van der Waals surface area (Å²) in [6, 6.07) is 85.1. The van der Waals surface area contributed by atoms with E-state index in [1.54, 1.807) is 0 Å². The van der Waals surface area contributed by atoms with Crippen molar-refractivity contribution in [3.63, 3.8) is 0 Å². The molecule has 0 radical (unpaired) electrons. The minimum absolute atomic E-state index is 0.109. The van der Waals surface area contributed by atoms with Gasteiger partial charge >= 0.3 is 0 Å². The first-order valence-corrected chi connectivity index (χ1v) is 23.6. The minimum atomic E-state index is -0.109. The van der Waals surface area contributed by atoms with E-state index in [1.807, 2.05) is 11.3 Å². The third-order valence-electron chi connectivity index (χ3n) is 14.0. The molecule has 3 heteroatoms. The van der Waals surface area contributed by atoms with Gasteiger partial charge in [0.15, 0.2) is 0 Å². The van der Waals surface area contributed by atoms with Crippen LogP contribution in [0.5, 0.6) is 0 Å². The van der Waals surface area contributed by atoms with Gasteiger partial charge in [0.2, 0.25) is 0 Å². The molecule has 0 saturated heterocycles. The van der Waals surface area contributed by atoms with E-state index in [4.69, 9.17) is 0 Å². The summed E-state index contributed by atoms with van der Waals surface area (Å²) >= 11 is 1.89. The molecule has 0 N–H and O–H groups in total. The number of rotatable bonds is 7. The maximum absolute atomic E-state index is 2.42. The largest absolute Gasteiger partial charge is 0.310 e. The van der Waals surface area contributed by atoms with Crippen LogP contribution in [0.4, 0.5) is 17.1 Å². The zero-order valence-electron chi connectivity index (χ0n) is 36.7. The highest BCUT2D eigenvalue weighted by Crippen LogP contribution is 2.51. The van der Waals surface area contributed by atoms with Crippen LogP contribution in [0.1, 0.15) is 25.0 Å². The summed E-state index contributed by atoms with van der Waals surface area (Å²) in [5.74, 6) is 0. The summed E-state index contributed by atoms with van der Waals surface area (Å²) in [6.07, 6.45) is 0. The molecule has 0 saturated carbocycles. The number of hydrogen-bond acceptors (Lipinski definition) is 2. The van der Waals surface area contributed by atoms with E-state index >= 15 is 0 Å². The van der Waals surface area contributed by atoms with Gasteiger partial charge in [-0.2, -0.15) is 0 Å². The molecule has 0 aliphatic heterocycles. The first kappa shape index (κ1) is 38.5. The second kappa shape index (κ2) is 15.1. The van der Waals surface area contributed by atoms with E-state index in [-0.39, 0.29) is 5.41 Å². The van der Waals surface area contributed by atoms with Crippen molar-refractivity contribution in [1.82, 2.24) is 4.57 Å². The fourth-order valence-electron chi connectivity index (χ4n) is 10.7. The van der Waals surface area contributed by atoms with Gasteiger partial charge in [-0.25, -0.2) is 0 Å². The zero-order valence-corrected chi connectivity index (χ0v) is 37.6. The van der Waals surface area contributed by atoms with Crippen molar-refractivity contribution in [2.45, 2.75) is 19.3 Å². The number of thiophene rings is 1. The van der Waals surface area contributed by atoms with Crippen LogP contribution in [0.25, 0.3) is 92.2 Å². The molecule has 10 aromatic carbocycles. The lowest BCUT2D eigenvalue weighted by molar-refractivity contribution is 0.660. The molecular formula is C63H44N2S. The zero-order chi connectivity index (χ0) is 43.9. The predicted octanol–water partition coefficient (Wildman–Crippen LogP) is 17.9. The molecule has 0 unspecified atom stereocenters. The maximum Gasteiger partial charge on any atom is 0.0541 e. The second-order valence-corrected chi connectivity index (χ2v) is 19.2. The molecule has 2 aromatic heterocycles. The summed E-state index contributed by atoms with van der Waals surface area (Å²) in [5.41, 5.74) is 19.5. The Morgan fingerprint density at radius 2 is 0.894 bits per heavy atom. The molecule has 1 aliphatic carbocycles. The summed E-state index contributed by atoms with van der Waals surface area (Å²) in [6.45, 7) is 4.72. The Morgan fingerprint density at radius 3 is 1.59 bits per heavy atom. The molecule has 12 aromatic rings. The molecule has 312 valence electrons. The van der Waals surface area contributed by atoms with Crippen molar-refractivity contribution in [3.05, 3.63) is 242 Å². The Morgan fingerprint density at radius 1 is 0.364 bits per heavy atom. The van der Waals surface area contributed by atoms with Crippen molar-refractivity contribution in [2.75, 3.05) is 4.90 Å². The Hall–Kier alpha value is -7.98. The molecule has 0 atom stereocenters. The number of benzene rings is 10. The Labute approximate surface area is 388 Å². The highest BCUT2D eigenvalue weighted by Gasteiger charge is 2.35. The summed E-state index contributed by atoms with van der Waals surface area (Å²) < 4.78 is 5.01. The van der Waals surface area contributed by atoms with Crippen molar-refractivity contribution in [2.24, 2.45) is 0 Å². The molecule has 66 heavy (non-hydrogen) atoms. The number of hydrogen-bond donors (Lipinski definition) is 0. The quantitative estimate of drug-likeness (QED) is 0.155. The topological polar surface area (TPSA) is 8.17 Å². The van der Waals surface area contributed by atoms with Crippen LogP contribution in [0.2, 0.25) is 0 Å². The van der Waals surface area contributed by atoms with Gasteiger partial charge in [-0.3, -0.25) is 0 Å². The Balaban J connectivity index is 0.918. The standard InChI is InChI=1S/C63H44N2S/c1-63(2)57-20-10-6-16-50(57)51-37-36-49(40-58(51)63)64(46-30-24-42(25-31-46)41-14-4-3-5-15-41)47-32-26-43(27-33-47)45-38-55(62-56(39-45)54-19-9-13-23-61(54)66-62)44-28-34-48(35-29-44)65-59-21-11-7-17-52(59)53-18-8-12-22-60(53)65/h3-40H,1-2H3. The number of nitrogens with zero attached hydrogens (tertiary/aromatic N) is 2. The lowest BCUT2D eigenvalue weighted by Gasteiger charge is -2.28. The van der Waals surface area contributed by atoms with Crippen LogP contribution in [-0.4, -0.2) is 4.57 Å². The highest BCUT2D eigenvalue weighted by molar-refractivity contribution is 7.26. The minimum Gasteiger partial charge on any atom is -0.310 e. The molecule has 13 rings (SSSR count). The molecule has 0 fully saturated rings. The van der Waals surface area contributed by atoms with Crippen molar-refractivity contribution in [3.8, 4) is 50.2 Å². The maximum atomic E-state index is 2.42. The average Bonchev–Trinajstić information content (AvgIpc) is 4.00. The normalized spacial score (nSPS) is 12.8. The molecule has 2 heterocycles. The summed E-state index contributed by atoms with van der Waals surface area (Å²) in [7, 11) is 0. The first-order valence-electron chi connectivity index (χ1n) is 22.8. The third kappa shape index (κ3) is 6.08. The van der Waals surface area contributed by atoms with Gasteiger partial charge in [-0.15, -0.1) is 11.3 Å². The molecule has 0 amide bonds. The number of para-hydroxylation sites is 2. The number of fused-ring (bicyclic) bond motifs is 9. The van der Waals surface area contributed by atoms with Crippen molar-refractivity contribution < 1.29 is 0 Å². The van der Waals surface area contributed by atoms with Crippen LogP contribution in [0, 0.1) is 0 Å². The monoisotopic (exact) mass is 860 g/mol. The molecule has 2 nitrogen and oxygen atoms in total. The van der Waals surface area contributed by atoms with E-state index in [9.17, 15) is 0 Å². The lowest BCUT2D eigenvalue weighted by atomic mass is 9.82. The van der Waals surface area contributed by atoms with Crippen LogP contribution in [-0.2, 0) is 5.41 Å². The van der Waals surface area contributed by atoms with Gasteiger partial charge in [0.25, 0.3) is 0 Å². The third-order valence-corrected chi connectivity index (χ3v) is 15.2. The fourth-order valence-corrected chi connectivity index (χ4v) is 11.9. The number of anilines is 3. The summed E-state index contributed by atoms with van der Waals surface area (Å²) in [4.78, 5) is 2.41. The SMILES string of the molecule is CC1(C)c2ccccc2-c2ccc(N(c3ccc(-c4ccccc4)cc3)c3ccc(-c4cc(-c5ccc(-n6c7ccccc7c7ccccc76)cc5)c5sc6ccccc6c5c4)cc3)cc21. The van der Waals surface area contributed by atoms with Gasteiger partial charge < -0.3 is 9.47 Å². The number of aromatic nitrogens is 1. The summed E-state index contributed by atoms with van der Waals surface area (Å²) in [5, 5.41) is 5.13. The van der Waals surface area contributed by atoms with E-state index in [0.29, 0.717) is 0 Å². The Kier molecular flexibility index (Phi) is 8.78. The van der Waals surface area contributed by atoms with Crippen molar-refractivity contribution >= 4 is 70.4 Å². The van der Waals surface area contributed by atoms with Crippen molar-refractivity contribution in [1.29, 1.82) is 0 Å². The van der Waals surface area contributed by atoms with Gasteiger partial charge in [-0.05, 0) is 129 Å². The van der Waals surface area contributed by atoms with Gasteiger partial charge in [0, 0.05) is 64.7 Å². The first-order chi connectivity index (χ1) is 32.5. The van der Waals surface area contributed by atoms with Gasteiger partial charge in [0.05, 0.1) is 11.0 Å². The molecule has 1 aliphatic rings. The van der Waals surface area contributed by atoms with Crippen LogP contribution in [0.3, 0.4) is 0 Å². The predicted molar refractivity (Wildman–Crippen MR) is 282 cm³/mol. The fraction of sp³-hybridized carbons (Fsp3) is 0.0476. The van der Waals surface area contributed by atoms with Crippen LogP contribution >= 0.6 is 11.3 Å². The van der Waals surface area contributed by atoms with Gasteiger partial charge in [-0.1, -0.05) is 166 Å². The lowest BCUT2D eigenvalue weighted by Crippen LogP contribution is -2.16. The Bertz CT molecular complexity index is 3760. The van der Waals surface area contributed by atoms with E-state index in [1.165, 1.54) is 97.6 Å². The van der Waals surface area contributed by atoms with Crippen LogP contribution in [0.15, 0.2) is 231 Å².